The van der Waals surface area contributed by atoms with E-state index in [1.807, 2.05) is 0 Å². The third-order valence-electron chi connectivity index (χ3n) is 2.37. The molecule has 2 rings (SSSR count). The molecular weight excluding hydrogens is 289 g/mol. The van der Waals surface area contributed by atoms with Crippen LogP contribution in [0.25, 0.3) is 11.4 Å². The number of anilines is 1. The predicted molar refractivity (Wildman–Crippen MR) is 74.0 cm³/mol. The minimum Gasteiger partial charge on any atom is -0.477 e. The molecule has 1 heterocycles. The number of carboxylic acids is 1. The maximum atomic E-state index is 11.0. The van der Waals surface area contributed by atoms with Crippen LogP contribution in [0.1, 0.15) is 10.5 Å². The van der Waals surface area contributed by atoms with Crippen molar-refractivity contribution < 1.29 is 9.90 Å². The Bertz CT molecular complexity index is 647. The molecule has 0 bridgehead atoms. The van der Waals surface area contributed by atoms with Crippen LogP contribution in [0, 0.1) is 0 Å². The molecular formula is C12H9Cl2N3O2. The highest BCUT2D eigenvalue weighted by molar-refractivity contribution is 6.36. The first kappa shape index (κ1) is 13.6. The van der Waals surface area contributed by atoms with Gasteiger partial charge in [-0.2, -0.15) is 0 Å². The molecule has 0 unspecified atom stereocenters. The van der Waals surface area contributed by atoms with Crippen LogP contribution in [0.15, 0.2) is 24.3 Å². The molecule has 98 valence electrons. The molecule has 0 aliphatic rings. The van der Waals surface area contributed by atoms with Crippen molar-refractivity contribution in [2.75, 3.05) is 12.4 Å². The molecule has 1 aromatic carbocycles. The average Bonchev–Trinajstić information content (AvgIpc) is 2.38. The maximum Gasteiger partial charge on any atom is 0.354 e. The fraction of sp³-hybridized carbons (Fsp3) is 0.0833. The Morgan fingerprint density at radius 2 is 2.00 bits per heavy atom. The van der Waals surface area contributed by atoms with Crippen LogP contribution in [0.5, 0.6) is 0 Å². The summed E-state index contributed by atoms with van der Waals surface area (Å²) in [4.78, 5) is 19.2. The summed E-state index contributed by atoms with van der Waals surface area (Å²) in [5, 5.41) is 12.6. The molecule has 0 spiro atoms. The molecule has 5 nitrogen and oxygen atoms in total. The fourth-order valence-corrected chi connectivity index (χ4v) is 1.97. The summed E-state index contributed by atoms with van der Waals surface area (Å²) in [6, 6.07) is 6.17. The van der Waals surface area contributed by atoms with Crippen LogP contribution in [-0.2, 0) is 0 Å². The predicted octanol–water partition coefficient (Wildman–Crippen LogP) is 3.19. The number of rotatable bonds is 3. The number of nitrogens with zero attached hydrogens (tertiary/aromatic N) is 2. The second-order valence-corrected chi connectivity index (χ2v) is 4.48. The topological polar surface area (TPSA) is 75.1 Å². The van der Waals surface area contributed by atoms with Crippen LogP contribution in [0.3, 0.4) is 0 Å². The number of halogens is 2. The van der Waals surface area contributed by atoms with Crippen molar-refractivity contribution >= 4 is 35.0 Å². The fourth-order valence-electron chi connectivity index (χ4n) is 1.48. The van der Waals surface area contributed by atoms with Gasteiger partial charge in [0.25, 0.3) is 0 Å². The van der Waals surface area contributed by atoms with E-state index in [1.165, 1.54) is 6.07 Å². The van der Waals surface area contributed by atoms with Crippen molar-refractivity contribution in [3.8, 4) is 11.4 Å². The highest BCUT2D eigenvalue weighted by atomic mass is 35.5. The Morgan fingerprint density at radius 3 is 2.58 bits per heavy atom. The third-order valence-corrected chi connectivity index (χ3v) is 2.92. The summed E-state index contributed by atoms with van der Waals surface area (Å²) >= 11 is 11.9. The molecule has 0 aliphatic carbocycles. The monoisotopic (exact) mass is 297 g/mol. The number of carbonyl (C=O) groups is 1. The minimum atomic E-state index is -1.13. The van der Waals surface area contributed by atoms with E-state index in [0.29, 0.717) is 21.4 Å². The Kier molecular flexibility index (Phi) is 3.87. The first-order valence-electron chi connectivity index (χ1n) is 5.27. The second-order valence-electron chi connectivity index (χ2n) is 3.64. The number of aromatic carboxylic acids is 1. The molecule has 0 saturated heterocycles. The van der Waals surface area contributed by atoms with Gasteiger partial charge < -0.3 is 10.4 Å². The zero-order chi connectivity index (χ0) is 14.0. The van der Waals surface area contributed by atoms with E-state index < -0.39 is 5.97 Å². The van der Waals surface area contributed by atoms with Gasteiger partial charge >= 0.3 is 5.97 Å². The highest BCUT2D eigenvalue weighted by Gasteiger charge is 2.13. The van der Waals surface area contributed by atoms with Gasteiger partial charge in [0.15, 0.2) is 11.5 Å². The Morgan fingerprint density at radius 1 is 1.26 bits per heavy atom. The van der Waals surface area contributed by atoms with Gasteiger partial charge in [0.2, 0.25) is 0 Å². The van der Waals surface area contributed by atoms with E-state index in [-0.39, 0.29) is 11.5 Å². The second kappa shape index (κ2) is 5.42. The summed E-state index contributed by atoms with van der Waals surface area (Å²) in [5.41, 5.74) is 0.408. The Hall–Kier alpha value is -1.85. The number of nitrogens with one attached hydrogen (secondary N) is 1. The van der Waals surface area contributed by atoms with Crippen LogP contribution in [0.4, 0.5) is 5.82 Å². The van der Waals surface area contributed by atoms with Gasteiger partial charge in [-0.15, -0.1) is 0 Å². The van der Waals surface area contributed by atoms with E-state index in [9.17, 15) is 4.79 Å². The summed E-state index contributed by atoms with van der Waals surface area (Å²) in [6.45, 7) is 0. The van der Waals surface area contributed by atoms with Crippen molar-refractivity contribution in [1.82, 2.24) is 9.97 Å². The number of hydrogen-bond donors (Lipinski definition) is 2. The third kappa shape index (κ3) is 2.94. The molecule has 0 atom stereocenters. The van der Waals surface area contributed by atoms with Crippen molar-refractivity contribution in [2.45, 2.75) is 0 Å². The van der Waals surface area contributed by atoms with Gasteiger partial charge in [-0.25, -0.2) is 14.8 Å². The number of benzene rings is 1. The van der Waals surface area contributed by atoms with E-state index >= 15 is 0 Å². The first-order valence-corrected chi connectivity index (χ1v) is 6.02. The molecule has 0 fully saturated rings. The molecule has 0 radical (unpaired) electrons. The van der Waals surface area contributed by atoms with E-state index in [4.69, 9.17) is 28.3 Å². The van der Waals surface area contributed by atoms with E-state index in [1.54, 1.807) is 25.2 Å². The lowest BCUT2D eigenvalue weighted by Gasteiger charge is -2.07. The lowest BCUT2D eigenvalue weighted by Crippen LogP contribution is -2.06. The lowest BCUT2D eigenvalue weighted by atomic mass is 10.2. The summed E-state index contributed by atoms with van der Waals surface area (Å²) < 4.78 is 0. The SMILES string of the molecule is CNc1cc(C(=O)O)nc(-c2ccc(Cl)cc2Cl)n1. The largest absolute Gasteiger partial charge is 0.477 e. The van der Waals surface area contributed by atoms with E-state index in [2.05, 4.69) is 15.3 Å². The van der Waals surface area contributed by atoms with Gasteiger partial charge in [0, 0.05) is 23.7 Å². The van der Waals surface area contributed by atoms with Crippen molar-refractivity contribution in [3.63, 3.8) is 0 Å². The highest BCUT2D eigenvalue weighted by Crippen LogP contribution is 2.28. The first-order chi connectivity index (χ1) is 9.01. The Labute approximate surface area is 119 Å². The molecule has 0 amide bonds. The van der Waals surface area contributed by atoms with Gasteiger partial charge in [0.1, 0.15) is 5.82 Å². The summed E-state index contributed by atoms with van der Waals surface area (Å²) in [6.07, 6.45) is 0. The standard InChI is InChI=1S/C12H9Cl2N3O2/c1-15-10-5-9(12(18)19)16-11(17-10)7-3-2-6(13)4-8(7)14/h2-5H,1H3,(H,18,19)(H,15,16,17). The van der Waals surface area contributed by atoms with Crippen molar-refractivity contribution in [2.24, 2.45) is 0 Å². The average molecular weight is 298 g/mol. The van der Waals surface area contributed by atoms with Gasteiger partial charge in [-0.3, -0.25) is 0 Å². The molecule has 19 heavy (non-hydrogen) atoms. The van der Waals surface area contributed by atoms with Gasteiger partial charge in [0.05, 0.1) is 5.02 Å². The van der Waals surface area contributed by atoms with Gasteiger partial charge in [-0.05, 0) is 18.2 Å². The Balaban J connectivity index is 2.60. The van der Waals surface area contributed by atoms with Crippen LogP contribution in [0.2, 0.25) is 10.0 Å². The molecule has 7 heteroatoms. The van der Waals surface area contributed by atoms with Crippen molar-refractivity contribution in [1.29, 1.82) is 0 Å². The number of aromatic nitrogens is 2. The quantitative estimate of drug-likeness (QED) is 0.910. The molecule has 2 N–H and O–H groups in total. The minimum absolute atomic E-state index is 0.111. The molecule has 2 aromatic rings. The molecule has 0 aliphatic heterocycles. The number of carboxylic acid groups (broad SMARTS) is 1. The van der Waals surface area contributed by atoms with Crippen LogP contribution >= 0.6 is 23.2 Å². The van der Waals surface area contributed by atoms with Gasteiger partial charge in [-0.1, -0.05) is 23.2 Å². The number of hydrogen-bond acceptors (Lipinski definition) is 4. The molecule has 1 aromatic heterocycles. The van der Waals surface area contributed by atoms with Crippen molar-refractivity contribution in [3.05, 3.63) is 40.0 Å². The summed E-state index contributed by atoms with van der Waals surface area (Å²) in [7, 11) is 1.64. The normalized spacial score (nSPS) is 10.3. The van der Waals surface area contributed by atoms with E-state index in [0.717, 1.165) is 0 Å². The van der Waals surface area contributed by atoms with Crippen LogP contribution in [-0.4, -0.2) is 28.1 Å². The summed E-state index contributed by atoms with van der Waals surface area (Å²) in [5.74, 6) is -0.510. The molecule has 0 saturated carbocycles. The zero-order valence-electron chi connectivity index (χ0n) is 9.82. The lowest BCUT2D eigenvalue weighted by molar-refractivity contribution is 0.0690. The maximum absolute atomic E-state index is 11.0. The smallest absolute Gasteiger partial charge is 0.354 e. The zero-order valence-corrected chi connectivity index (χ0v) is 11.3. The van der Waals surface area contributed by atoms with Crippen LogP contribution < -0.4 is 5.32 Å².